The maximum absolute atomic E-state index is 11.6. The molecule has 0 saturated carbocycles. The van der Waals surface area contributed by atoms with Crippen molar-refractivity contribution >= 4 is 46.2 Å². The number of aryl methyl sites for hydroxylation is 1. The van der Waals surface area contributed by atoms with E-state index in [9.17, 15) is 14.7 Å². The van der Waals surface area contributed by atoms with Gasteiger partial charge in [0.05, 0.1) is 29.9 Å². The number of halogens is 2. The number of carboxylic acid groups (broad SMARTS) is 1. The SMILES string of the molecule is COc1nc(O[C@H]2CCc3c(-c4cccc(-c5cnc6c(CNC[C@@H]7CCC(=O)N7)cn(C)c6n5)c4Cl)cccc32)c(Cl)cc1CN1CC(C(=O)O)C1. The number of carbonyl (C=O) groups excluding carboxylic acids is 1. The fourth-order valence-electron chi connectivity index (χ4n) is 7.70. The third kappa shape index (κ3) is 6.92. The van der Waals surface area contributed by atoms with Gasteiger partial charge in [0.2, 0.25) is 17.7 Å². The number of methoxy groups -OCH3 is 1. The standard InChI is InChI=1S/C39H39Cl2N7O5/c1-47-17-22(14-42-15-24-9-12-33(49)44-24)35-36(47)45-31(16-43-35)29-8-4-7-28(34(29)41)25-5-3-6-27-26(25)10-11-32(27)53-38-30(40)13-21(37(46-38)52-2)18-48-19-23(20-48)39(50)51/h3-8,13,16-17,23-24,32,42H,9-12,14-15,18-20H2,1-2H3,(H,44,49)(H,50,51)/t24-,32-/m0/s1. The van der Waals surface area contributed by atoms with Crippen LogP contribution in [0.15, 0.2) is 54.9 Å². The Hall–Kier alpha value is -4.75. The van der Waals surface area contributed by atoms with Crippen molar-refractivity contribution in [1.29, 1.82) is 0 Å². The van der Waals surface area contributed by atoms with Gasteiger partial charge in [-0.1, -0.05) is 59.6 Å². The molecule has 12 nitrogen and oxygen atoms in total. The lowest BCUT2D eigenvalue weighted by atomic mass is 9.95. The van der Waals surface area contributed by atoms with Crippen molar-refractivity contribution in [3.8, 4) is 34.1 Å². The summed E-state index contributed by atoms with van der Waals surface area (Å²) in [6.45, 7) is 2.76. The minimum atomic E-state index is -0.782. The van der Waals surface area contributed by atoms with Gasteiger partial charge in [-0.15, -0.1) is 0 Å². The highest BCUT2D eigenvalue weighted by molar-refractivity contribution is 6.36. The smallest absolute Gasteiger partial charge is 0.309 e. The van der Waals surface area contributed by atoms with E-state index in [0.717, 1.165) is 69.4 Å². The zero-order valence-corrected chi connectivity index (χ0v) is 30.9. The Kier molecular flexibility index (Phi) is 9.71. The van der Waals surface area contributed by atoms with Gasteiger partial charge in [-0.3, -0.25) is 19.5 Å². The van der Waals surface area contributed by atoms with Crippen LogP contribution in [0.25, 0.3) is 33.5 Å². The summed E-state index contributed by atoms with van der Waals surface area (Å²) in [5, 5.41) is 16.6. The average molecular weight is 757 g/mol. The number of fused-ring (bicyclic) bond motifs is 2. The van der Waals surface area contributed by atoms with E-state index in [0.29, 0.717) is 66.6 Å². The summed E-state index contributed by atoms with van der Waals surface area (Å²) < 4.78 is 14.0. The Morgan fingerprint density at radius 3 is 2.60 bits per heavy atom. The summed E-state index contributed by atoms with van der Waals surface area (Å²) in [5.41, 5.74) is 9.01. The molecule has 2 saturated heterocycles. The lowest BCUT2D eigenvalue weighted by molar-refractivity contribution is -0.147. The van der Waals surface area contributed by atoms with Crippen LogP contribution < -0.4 is 20.1 Å². The molecule has 0 unspecified atom stereocenters. The second-order valence-corrected chi connectivity index (χ2v) is 14.8. The summed E-state index contributed by atoms with van der Waals surface area (Å²) in [7, 11) is 3.51. The first-order valence-corrected chi connectivity index (χ1v) is 18.5. The number of hydrogen-bond donors (Lipinski definition) is 3. The summed E-state index contributed by atoms with van der Waals surface area (Å²) in [6, 6.07) is 14.1. The Labute approximate surface area is 316 Å². The number of nitrogens with one attached hydrogen (secondary N) is 2. The van der Waals surface area contributed by atoms with Crippen LogP contribution in [0.2, 0.25) is 10.0 Å². The number of rotatable bonds is 12. The fourth-order valence-corrected chi connectivity index (χ4v) is 8.25. The van der Waals surface area contributed by atoms with Crippen LogP contribution in [0.5, 0.6) is 11.8 Å². The Bertz CT molecular complexity index is 2240. The Morgan fingerprint density at radius 2 is 1.83 bits per heavy atom. The maximum atomic E-state index is 11.6. The third-order valence-corrected chi connectivity index (χ3v) is 11.1. The molecule has 14 heteroatoms. The molecule has 0 spiro atoms. The molecule has 0 radical (unpaired) electrons. The highest BCUT2D eigenvalue weighted by Gasteiger charge is 2.34. The molecule has 0 bridgehead atoms. The molecule has 1 aliphatic carbocycles. The minimum absolute atomic E-state index is 0.110. The van der Waals surface area contributed by atoms with Gasteiger partial charge < -0.3 is 29.8 Å². The van der Waals surface area contributed by atoms with Crippen molar-refractivity contribution in [2.24, 2.45) is 13.0 Å². The normalized spacial score (nSPS) is 18.6. The number of likely N-dealkylation sites (tertiary alicyclic amines) is 1. The molecule has 3 aromatic heterocycles. The molecule has 2 aliphatic heterocycles. The van der Waals surface area contributed by atoms with Gasteiger partial charge in [0, 0.05) is 80.7 Å². The van der Waals surface area contributed by atoms with E-state index in [-0.39, 0.29) is 24.0 Å². The van der Waals surface area contributed by atoms with E-state index >= 15 is 0 Å². The lowest BCUT2D eigenvalue weighted by Gasteiger charge is -2.36. The summed E-state index contributed by atoms with van der Waals surface area (Å²) >= 11 is 13.9. The van der Waals surface area contributed by atoms with Gasteiger partial charge in [0.15, 0.2) is 5.65 Å². The van der Waals surface area contributed by atoms with Crippen LogP contribution in [0.1, 0.15) is 47.6 Å². The molecule has 53 heavy (non-hydrogen) atoms. The first-order valence-electron chi connectivity index (χ1n) is 17.7. The van der Waals surface area contributed by atoms with Crippen molar-refractivity contribution in [1.82, 2.24) is 35.1 Å². The molecule has 1 amide bonds. The molecule has 2 aromatic carbocycles. The van der Waals surface area contributed by atoms with E-state index in [1.807, 2.05) is 47.0 Å². The first kappa shape index (κ1) is 35.3. The number of amides is 1. The summed E-state index contributed by atoms with van der Waals surface area (Å²) in [6.07, 6.45) is 6.49. The van der Waals surface area contributed by atoms with Gasteiger partial charge in [0.25, 0.3) is 0 Å². The number of hydrogen-bond acceptors (Lipinski definition) is 9. The number of nitrogens with zero attached hydrogens (tertiary/aromatic N) is 5. The number of carbonyl (C=O) groups is 2. The van der Waals surface area contributed by atoms with Crippen molar-refractivity contribution < 1.29 is 24.2 Å². The van der Waals surface area contributed by atoms with Gasteiger partial charge in [0.1, 0.15) is 16.6 Å². The van der Waals surface area contributed by atoms with Crippen molar-refractivity contribution in [3.05, 3.63) is 87.2 Å². The number of benzene rings is 2. The molecule has 2 fully saturated rings. The lowest BCUT2D eigenvalue weighted by Crippen LogP contribution is -2.49. The van der Waals surface area contributed by atoms with Crippen LogP contribution in [0.3, 0.4) is 0 Å². The molecular weight excluding hydrogens is 717 g/mol. The van der Waals surface area contributed by atoms with Gasteiger partial charge >= 0.3 is 5.97 Å². The first-order chi connectivity index (χ1) is 25.7. The van der Waals surface area contributed by atoms with Gasteiger partial charge in [-0.2, -0.15) is 4.98 Å². The molecule has 274 valence electrons. The third-order valence-electron chi connectivity index (χ3n) is 10.4. The summed E-state index contributed by atoms with van der Waals surface area (Å²) in [5.74, 6) is -0.335. The topological polar surface area (TPSA) is 144 Å². The highest BCUT2D eigenvalue weighted by atomic mass is 35.5. The monoisotopic (exact) mass is 755 g/mol. The molecule has 3 N–H and O–H groups in total. The molecule has 5 heterocycles. The van der Waals surface area contributed by atoms with Gasteiger partial charge in [-0.25, -0.2) is 4.98 Å². The van der Waals surface area contributed by atoms with Crippen molar-refractivity contribution in [3.63, 3.8) is 0 Å². The molecular formula is C39H39Cl2N7O5. The van der Waals surface area contributed by atoms with Gasteiger partial charge in [-0.05, 0) is 42.0 Å². The van der Waals surface area contributed by atoms with Crippen LogP contribution in [0, 0.1) is 5.92 Å². The predicted octanol–water partition coefficient (Wildman–Crippen LogP) is 5.96. The predicted molar refractivity (Wildman–Crippen MR) is 201 cm³/mol. The van der Waals surface area contributed by atoms with E-state index in [1.165, 1.54) is 0 Å². The van der Waals surface area contributed by atoms with Crippen LogP contribution in [-0.2, 0) is 36.1 Å². The number of aromatic nitrogens is 4. The van der Waals surface area contributed by atoms with E-state index in [4.69, 9.17) is 42.6 Å². The maximum Gasteiger partial charge on any atom is 0.309 e. The van der Waals surface area contributed by atoms with Crippen LogP contribution in [-0.4, -0.2) is 74.2 Å². The highest BCUT2D eigenvalue weighted by Crippen LogP contribution is 2.44. The van der Waals surface area contributed by atoms with Crippen LogP contribution >= 0.6 is 23.2 Å². The van der Waals surface area contributed by atoms with Crippen molar-refractivity contribution in [2.75, 3.05) is 26.7 Å². The number of aliphatic carboxylic acids is 1. The fraction of sp³-hybridized carbons (Fsp3) is 0.359. The second-order valence-electron chi connectivity index (χ2n) is 14.0. The van der Waals surface area contributed by atoms with Crippen LogP contribution in [0.4, 0.5) is 0 Å². The Balaban J connectivity index is 1.01. The zero-order chi connectivity index (χ0) is 36.8. The number of ether oxygens (including phenoxy) is 2. The quantitative estimate of drug-likeness (QED) is 0.140. The Morgan fingerprint density at radius 1 is 1.04 bits per heavy atom. The number of pyridine rings is 1. The zero-order valence-electron chi connectivity index (χ0n) is 29.4. The van der Waals surface area contributed by atoms with E-state index < -0.39 is 5.97 Å². The van der Waals surface area contributed by atoms with E-state index in [2.05, 4.69) is 27.8 Å². The van der Waals surface area contributed by atoms with Crippen molar-refractivity contribution in [2.45, 2.75) is 50.9 Å². The largest absolute Gasteiger partial charge is 0.481 e. The molecule has 8 rings (SSSR count). The second kappa shape index (κ2) is 14.6. The minimum Gasteiger partial charge on any atom is -0.481 e. The molecule has 3 aliphatic rings. The molecule has 2 atom stereocenters. The average Bonchev–Trinajstić information content (AvgIpc) is 3.83. The van der Waals surface area contributed by atoms with E-state index in [1.54, 1.807) is 19.4 Å². The summed E-state index contributed by atoms with van der Waals surface area (Å²) in [4.78, 5) is 39.3. The number of carboxylic acids is 1. The molecule has 5 aromatic rings.